The van der Waals surface area contributed by atoms with Gasteiger partial charge in [-0.05, 0) is 51.0 Å². The number of sulfonamides is 1. The van der Waals surface area contributed by atoms with Gasteiger partial charge in [-0.3, -0.25) is 9.59 Å². The lowest BCUT2D eigenvalue weighted by molar-refractivity contribution is -0.129. The third-order valence-corrected chi connectivity index (χ3v) is 7.80. The second-order valence-electron chi connectivity index (χ2n) is 8.28. The van der Waals surface area contributed by atoms with Crippen molar-refractivity contribution in [1.82, 2.24) is 9.62 Å². The molecule has 1 fully saturated rings. The molecule has 34 heavy (non-hydrogen) atoms. The number of carbonyl (C=O) groups is 2. The van der Waals surface area contributed by atoms with Gasteiger partial charge in [-0.25, -0.2) is 8.42 Å². The van der Waals surface area contributed by atoms with Gasteiger partial charge in [0.15, 0.2) is 11.5 Å². The summed E-state index contributed by atoms with van der Waals surface area (Å²) >= 11 is 0. The topological polar surface area (TPSA) is 114 Å². The fourth-order valence-corrected chi connectivity index (χ4v) is 5.25. The summed E-state index contributed by atoms with van der Waals surface area (Å²) in [7, 11) is -0.564. The number of nitrogens with zero attached hydrogens (tertiary/aromatic N) is 1. The third-order valence-electron chi connectivity index (χ3n) is 5.89. The first-order valence-corrected chi connectivity index (χ1v) is 12.5. The van der Waals surface area contributed by atoms with E-state index in [4.69, 9.17) is 9.47 Å². The lowest BCUT2D eigenvalue weighted by atomic mass is 9.97. The van der Waals surface area contributed by atoms with Gasteiger partial charge < -0.3 is 20.1 Å². The number of rotatable bonds is 8. The average Bonchev–Trinajstić information content (AvgIpc) is 2.84. The molecule has 2 N–H and O–H groups in total. The molecule has 1 atom stereocenters. The summed E-state index contributed by atoms with van der Waals surface area (Å²) in [5.74, 6) is 0.0185. The van der Waals surface area contributed by atoms with E-state index in [9.17, 15) is 18.0 Å². The number of aryl methyl sites for hydroxylation is 1. The van der Waals surface area contributed by atoms with Crippen LogP contribution in [0.2, 0.25) is 0 Å². The van der Waals surface area contributed by atoms with Crippen LogP contribution in [0.4, 0.5) is 5.69 Å². The van der Waals surface area contributed by atoms with Gasteiger partial charge in [-0.15, -0.1) is 0 Å². The number of ether oxygens (including phenoxy) is 2. The van der Waals surface area contributed by atoms with Crippen LogP contribution in [0.3, 0.4) is 0 Å². The summed E-state index contributed by atoms with van der Waals surface area (Å²) in [5.41, 5.74) is 1.50. The molecular formula is C24H31N3O6S. The van der Waals surface area contributed by atoms with Crippen molar-refractivity contribution >= 4 is 27.5 Å². The predicted molar refractivity (Wildman–Crippen MR) is 128 cm³/mol. The number of piperidine rings is 1. The van der Waals surface area contributed by atoms with Crippen LogP contribution in [0.25, 0.3) is 0 Å². The molecule has 0 radical (unpaired) electrons. The van der Waals surface area contributed by atoms with Crippen molar-refractivity contribution in [3.63, 3.8) is 0 Å². The number of nitrogens with one attached hydrogen (secondary N) is 2. The van der Waals surface area contributed by atoms with Gasteiger partial charge in [0.2, 0.25) is 21.8 Å². The van der Waals surface area contributed by atoms with Crippen LogP contribution in [0, 0.1) is 12.8 Å². The molecule has 1 saturated heterocycles. The maximum absolute atomic E-state index is 12.9. The molecule has 0 bridgehead atoms. The van der Waals surface area contributed by atoms with E-state index >= 15 is 0 Å². The molecule has 2 amide bonds. The van der Waals surface area contributed by atoms with Crippen molar-refractivity contribution < 1.29 is 27.5 Å². The third kappa shape index (κ3) is 5.87. The molecule has 0 spiro atoms. The van der Waals surface area contributed by atoms with Crippen molar-refractivity contribution in [3.8, 4) is 11.5 Å². The normalized spacial score (nSPS) is 15.9. The molecule has 1 aliphatic heterocycles. The van der Waals surface area contributed by atoms with Crippen molar-refractivity contribution in [2.24, 2.45) is 5.92 Å². The van der Waals surface area contributed by atoms with Gasteiger partial charge in [-0.2, -0.15) is 4.31 Å². The molecule has 9 nitrogen and oxygen atoms in total. The largest absolute Gasteiger partial charge is 0.493 e. The van der Waals surface area contributed by atoms with Crippen molar-refractivity contribution in [2.75, 3.05) is 32.6 Å². The molecule has 0 saturated carbocycles. The summed E-state index contributed by atoms with van der Waals surface area (Å²) < 4.78 is 37.5. The second-order valence-corrected chi connectivity index (χ2v) is 10.2. The number of hydrogen-bond donors (Lipinski definition) is 2. The van der Waals surface area contributed by atoms with E-state index < -0.39 is 16.1 Å². The fourth-order valence-electron chi connectivity index (χ4n) is 3.78. The first-order valence-electron chi connectivity index (χ1n) is 11.1. The van der Waals surface area contributed by atoms with Gasteiger partial charge >= 0.3 is 0 Å². The highest BCUT2D eigenvalue weighted by Crippen LogP contribution is 2.30. The van der Waals surface area contributed by atoms with E-state index in [0.29, 0.717) is 30.0 Å². The maximum atomic E-state index is 12.9. The molecule has 2 aromatic carbocycles. The number of methoxy groups -OCH3 is 2. The molecule has 0 unspecified atom stereocenters. The van der Waals surface area contributed by atoms with Crippen LogP contribution in [0.15, 0.2) is 47.4 Å². The Kier molecular flexibility index (Phi) is 8.16. The Balaban J connectivity index is 1.53. The number of benzene rings is 2. The van der Waals surface area contributed by atoms with Crippen LogP contribution < -0.4 is 20.1 Å². The van der Waals surface area contributed by atoms with Crippen molar-refractivity contribution in [3.05, 3.63) is 48.0 Å². The smallest absolute Gasteiger partial charge is 0.246 e. The molecule has 184 valence electrons. The zero-order valence-electron chi connectivity index (χ0n) is 19.8. The van der Waals surface area contributed by atoms with Crippen LogP contribution in [0.5, 0.6) is 11.5 Å². The zero-order chi connectivity index (χ0) is 24.9. The summed E-state index contributed by atoms with van der Waals surface area (Å²) in [4.78, 5) is 25.5. The highest BCUT2D eigenvalue weighted by atomic mass is 32.2. The monoisotopic (exact) mass is 489 g/mol. The Hall–Kier alpha value is -3.11. The van der Waals surface area contributed by atoms with E-state index in [1.807, 2.05) is 6.92 Å². The summed E-state index contributed by atoms with van der Waals surface area (Å²) in [5, 5.41) is 5.49. The molecule has 10 heteroatoms. The Morgan fingerprint density at radius 1 is 1.00 bits per heavy atom. The standard InChI is InChI=1S/C24H31N3O6S/c1-16-5-8-20(9-6-16)34(30,31)27-13-11-18(12-14-27)24(29)25-17(2)23(28)26-19-7-10-21(32-3)22(15-19)33-4/h5-10,15,17-18H,11-14H2,1-4H3,(H,25,29)(H,26,28)/t17-/m0/s1. The van der Waals surface area contributed by atoms with E-state index in [1.54, 1.807) is 49.4 Å². The van der Waals surface area contributed by atoms with E-state index in [1.165, 1.54) is 18.5 Å². The first kappa shape index (κ1) is 25.5. The van der Waals surface area contributed by atoms with Crippen LogP contribution in [-0.4, -0.2) is 57.9 Å². The summed E-state index contributed by atoms with van der Waals surface area (Å²) in [6, 6.07) is 11.0. The lowest BCUT2D eigenvalue weighted by Gasteiger charge is -2.31. The molecule has 0 aromatic heterocycles. The highest BCUT2D eigenvalue weighted by Gasteiger charge is 2.33. The quantitative estimate of drug-likeness (QED) is 0.589. The lowest BCUT2D eigenvalue weighted by Crippen LogP contribution is -2.47. The molecular weight excluding hydrogens is 458 g/mol. The van der Waals surface area contributed by atoms with E-state index in [0.717, 1.165) is 5.56 Å². The minimum Gasteiger partial charge on any atom is -0.493 e. The molecule has 1 heterocycles. The van der Waals surface area contributed by atoms with Crippen molar-refractivity contribution in [1.29, 1.82) is 0 Å². The van der Waals surface area contributed by atoms with E-state index in [2.05, 4.69) is 10.6 Å². The number of hydrogen-bond acceptors (Lipinski definition) is 6. The zero-order valence-corrected chi connectivity index (χ0v) is 20.6. The average molecular weight is 490 g/mol. The SMILES string of the molecule is COc1ccc(NC(=O)[C@H](C)NC(=O)C2CCN(S(=O)(=O)c3ccc(C)cc3)CC2)cc1OC. The minimum absolute atomic E-state index is 0.251. The molecule has 3 rings (SSSR count). The van der Waals surface area contributed by atoms with Crippen LogP contribution in [-0.2, 0) is 19.6 Å². The van der Waals surface area contributed by atoms with Gasteiger partial charge in [0, 0.05) is 30.8 Å². The Morgan fingerprint density at radius 3 is 2.21 bits per heavy atom. The number of carbonyl (C=O) groups excluding carboxylic acids is 2. The fraction of sp³-hybridized carbons (Fsp3) is 0.417. The molecule has 0 aliphatic carbocycles. The Morgan fingerprint density at radius 2 is 1.62 bits per heavy atom. The van der Waals surface area contributed by atoms with Gasteiger partial charge in [0.1, 0.15) is 6.04 Å². The first-order chi connectivity index (χ1) is 16.1. The Bertz CT molecular complexity index is 1130. The van der Waals surface area contributed by atoms with E-state index in [-0.39, 0.29) is 35.7 Å². The highest BCUT2D eigenvalue weighted by molar-refractivity contribution is 7.89. The van der Waals surface area contributed by atoms with Crippen LogP contribution >= 0.6 is 0 Å². The van der Waals surface area contributed by atoms with Gasteiger partial charge in [0.25, 0.3) is 0 Å². The molecule has 2 aromatic rings. The summed E-state index contributed by atoms with van der Waals surface area (Å²) in [6.45, 7) is 4.00. The predicted octanol–water partition coefficient (Wildman–Crippen LogP) is 2.56. The minimum atomic E-state index is -3.59. The van der Waals surface area contributed by atoms with Gasteiger partial charge in [0.05, 0.1) is 19.1 Å². The van der Waals surface area contributed by atoms with Gasteiger partial charge in [-0.1, -0.05) is 17.7 Å². The second kappa shape index (κ2) is 10.9. The summed E-state index contributed by atoms with van der Waals surface area (Å²) in [6.07, 6.45) is 0.780. The number of anilines is 1. The number of amides is 2. The maximum Gasteiger partial charge on any atom is 0.246 e. The Labute approximate surface area is 200 Å². The van der Waals surface area contributed by atoms with Crippen molar-refractivity contribution in [2.45, 2.75) is 37.6 Å². The molecule has 1 aliphatic rings. The van der Waals surface area contributed by atoms with Crippen LogP contribution in [0.1, 0.15) is 25.3 Å².